The molecule has 25 heavy (non-hydrogen) atoms. The molecule has 0 saturated carbocycles. The highest BCUT2D eigenvalue weighted by Crippen LogP contribution is 2.33. The molecule has 0 spiro atoms. The molecule has 3 nitrogen and oxygen atoms in total. The quantitative estimate of drug-likeness (QED) is 0.729. The van der Waals surface area contributed by atoms with Gasteiger partial charge in [-0.2, -0.15) is 0 Å². The summed E-state index contributed by atoms with van der Waals surface area (Å²) in [6.07, 6.45) is 4.69. The van der Waals surface area contributed by atoms with Gasteiger partial charge in [0.2, 0.25) is 5.91 Å². The van der Waals surface area contributed by atoms with E-state index in [1.54, 1.807) is 13.2 Å². The van der Waals surface area contributed by atoms with Gasteiger partial charge < -0.3 is 9.64 Å². The zero-order chi connectivity index (χ0) is 17.8. The van der Waals surface area contributed by atoms with E-state index in [1.807, 2.05) is 29.2 Å². The molecule has 0 aromatic heterocycles. The normalized spacial score (nSPS) is 17.2. The number of hydrogen-bond acceptors (Lipinski definition) is 2. The van der Waals surface area contributed by atoms with Crippen LogP contribution in [0.2, 0.25) is 5.02 Å². The van der Waals surface area contributed by atoms with E-state index in [1.165, 1.54) is 24.3 Å². The van der Waals surface area contributed by atoms with Crippen LogP contribution >= 0.6 is 11.6 Å². The second-order valence-corrected chi connectivity index (χ2v) is 6.34. The van der Waals surface area contributed by atoms with Crippen molar-refractivity contribution in [3.8, 4) is 5.75 Å². The van der Waals surface area contributed by atoms with Crippen LogP contribution in [0.4, 0.5) is 4.39 Å². The molecular weight excluding hydrogens is 341 g/mol. The molecule has 130 valence electrons. The zero-order valence-corrected chi connectivity index (χ0v) is 14.7. The Hall–Kier alpha value is -2.33. The van der Waals surface area contributed by atoms with Crippen LogP contribution in [-0.2, 0) is 4.79 Å². The first-order valence-electron chi connectivity index (χ1n) is 8.17. The maximum Gasteiger partial charge on any atom is 0.247 e. The number of rotatable bonds is 4. The van der Waals surface area contributed by atoms with Crippen molar-refractivity contribution >= 4 is 23.6 Å². The van der Waals surface area contributed by atoms with E-state index in [0.29, 0.717) is 6.54 Å². The Balaban J connectivity index is 1.77. The maximum absolute atomic E-state index is 13.8. The highest BCUT2D eigenvalue weighted by molar-refractivity contribution is 6.32. The summed E-state index contributed by atoms with van der Waals surface area (Å²) < 4.78 is 19.0. The number of halogens is 2. The lowest BCUT2D eigenvalue weighted by Crippen LogP contribution is -2.28. The number of ether oxygens (including phenoxy) is 1. The van der Waals surface area contributed by atoms with Crippen LogP contribution in [0.15, 0.2) is 48.5 Å². The van der Waals surface area contributed by atoms with Gasteiger partial charge in [0.15, 0.2) is 0 Å². The number of methoxy groups -OCH3 is 1. The van der Waals surface area contributed by atoms with Crippen molar-refractivity contribution in [2.24, 2.45) is 0 Å². The Morgan fingerprint density at radius 3 is 2.72 bits per heavy atom. The van der Waals surface area contributed by atoms with Gasteiger partial charge in [-0.1, -0.05) is 29.8 Å². The molecule has 0 radical (unpaired) electrons. The van der Waals surface area contributed by atoms with Gasteiger partial charge in [-0.15, -0.1) is 0 Å². The minimum atomic E-state index is -0.440. The Morgan fingerprint density at radius 2 is 2.04 bits per heavy atom. The van der Waals surface area contributed by atoms with Crippen LogP contribution < -0.4 is 4.74 Å². The van der Waals surface area contributed by atoms with Crippen molar-refractivity contribution in [2.75, 3.05) is 13.7 Å². The first kappa shape index (κ1) is 17.5. The van der Waals surface area contributed by atoms with E-state index in [2.05, 4.69) is 0 Å². The van der Waals surface area contributed by atoms with E-state index in [0.717, 1.165) is 24.2 Å². The van der Waals surface area contributed by atoms with Gasteiger partial charge in [0, 0.05) is 18.2 Å². The summed E-state index contributed by atoms with van der Waals surface area (Å²) in [5.74, 6) is 0.205. The second-order valence-electron chi connectivity index (χ2n) is 5.93. The monoisotopic (exact) mass is 359 g/mol. The Bertz CT molecular complexity index is 769. The highest BCUT2D eigenvalue weighted by atomic mass is 35.5. The second kappa shape index (κ2) is 7.70. The third-order valence-electron chi connectivity index (χ3n) is 4.43. The number of benzene rings is 2. The van der Waals surface area contributed by atoms with Crippen LogP contribution in [0.5, 0.6) is 5.75 Å². The van der Waals surface area contributed by atoms with Gasteiger partial charge in [-0.05, 0) is 48.7 Å². The number of nitrogens with zero attached hydrogens (tertiary/aromatic N) is 1. The molecule has 2 aromatic rings. The summed E-state index contributed by atoms with van der Waals surface area (Å²) >= 11 is 6.00. The molecule has 1 aliphatic rings. The molecule has 2 aromatic carbocycles. The Kier molecular flexibility index (Phi) is 5.39. The van der Waals surface area contributed by atoms with Crippen LogP contribution in [0.1, 0.15) is 30.0 Å². The molecule has 1 atom stereocenters. The SMILES string of the molecule is COc1ccc(C2CCCN2C(=O)/C=C/c2c(F)cccc2Cl)cc1. The van der Waals surface area contributed by atoms with Gasteiger partial charge in [0.1, 0.15) is 11.6 Å². The molecule has 3 rings (SSSR count). The summed E-state index contributed by atoms with van der Waals surface area (Å²) in [5, 5.41) is 0.289. The van der Waals surface area contributed by atoms with E-state index in [4.69, 9.17) is 16.3 Å². The first-order valence-corrected chi connectivity index (χ1v) is 8.54. The predicted octanol–water partition coefficient (Wildman–Crippen LogP) is 4.86. The summed E-state index contributed by atoms with van der Waals surface area (Å²) in [7, 11) is 1.62. The molecule has 0 bridgehead atoms. The van der Waals surface area contributed by atoms with E-state index in [-0.39, 0.29) is 22.5 Å². The number of likely N-dealkylation sites (tertiary alicyclic amines) is 1. The van der Waals surface area contributed by atoms with Gasteiger partial charge in [0.05, 0.1) is 18.2 Å². The number of hydrogen-bond donors (Lipinski definition) is 0. The summed E-state index contributed by atoms with van der Waals surface area (Å²) in [4.78, 5) is 14.4. The van der Waals surface area contributed by atoms with E-state index in [9.17, 15) is 9.18 Å². The van der Waals surface area contributed by atoms with Crippen LogP contribution in [0.25, 0.3) is 6.08 Å². The first-order chi connectivity index (χ1) is 12.1. The lowest BCUT2D eigenvalue weighted by atomic mass is 10.0. The molecular formula is C20H19ClFNO2. The van der Waals surface area contributed by atoms with Crippen LogP contribution in [0, 0.1) is 5.82 Å². The summed E-state index contributed by atoms with van der Waals surface area (Å²) in [6.45, 7) is 0.685. The smallest absolute Gasteiger partial charge is 0.247 e. The van der Waals surface area contributed by atoms with Crippen LogP contribution in [-0.4, -0.2) is 24.5 Å². The molecule has 1 fully saturated rings. The van der Waals surface area contributed by atoms with E-state index >= 15 is 0 Å². The molecule has 0 N–H and O–H groups in total. The number of amides is 1. The molecule has 1 aliphatic heterocycles. The van der Waals surface area contributed by atoms with Gasteiger partial charge in [-0.25, -0.2) is 4.39 Å². The van der Waals surface area contributed by atoms with Gasteiger partial charge in [0.25, 0.3) is 0 Å². The topological polar surface area (TPSA) is 29.5 Å². The molecule has 1 amide bonds. The molecule has 1 saturated heterocycles. The highest BCUT2D eigenvalue weighted by Gasteiger charge is 2.28. The third-order valence-corrected chi connectivity index (χ3v) is 4.76. The molecule has 0 aliphatic carbocycles. The van der Waals surface area contributed by atoms with Gasteiger partial charge >= 0.3 is 0 Å². The minimum absolute atomic E-state index is 0.0270. The molecule has 5 heteroatoms. The number of carbonyl (C=O) groups excluding carboxylic acids is 1. The van der Waals surface area contributed by atoms with Crippen LogP contribution in [0.3, 0.4) is 0 Å². The van der Waals surface area contributed by atoms with Crippen molar-refractivity contribution in [2.45, 2.75) is 18.9 Å². The zero-order valence-electron chi connectivity index (χ0n) is 13.9. The minimum Gasteiger partial charge on any atom is -0.497 e. The fourth-order valence-corrected chi connectivity index (χ4v) is 3.35. The summed E-state index contributed by atoms with van der Waals surface area (Å²) in [6, 6.07) is 12.2. The standard InChI is InChI=1S/C20H19ClFNO2/c1-25-15-9-7-14(8-10-15)19-6-3-13-23(19)20(24)12-11-16-17(21)4-2-5-18(16)22/h2,4-5,7-12,19H,3,6,13H2,1H3/b12-11+. The molecule has 1 heterocycles. The van der Waals surface area contributed by atoms with Crippen molar-refractivity contribution in [1.29, 1.82) is 0 Å². The third kappa shape index (κ3) is 3.85. The average molecular weight is 360 g/mol. The fraction of sp³-hybridized carbons (Fsp3) is 0.250. The van der Waals surface area contributed by atoms with Crippen molar-refractivity contribution in [1.82, 2.24) is 4.90 Å². The Morgan fingerprint density at radius 1 is 1.28 bits per heavy atom. The predicted molar refractivity (Wildman–Crippen MR) is 97.1 cm³/mol. The fourth-order valence-electron chi connectivity index (χ4n) is 3.12. The van der Waals surface area contributed by atoms with Crippen molar-refractivity contribution < 1.29 is 13.9 Å². The Labute approximate surface area is 151 Å². The van der Waals surface area contributed by atoms with Crippen molar-refractivity contribution in [3.63, 3.8) is 0 Å². The van der Waals surface area contributed by atoms with Gasteiger partial charge in [-0.3, -0.25) is 4.79 Å². The molecule has 1 unspecified atom stereocenters. The van der Waals surface area contributed by atoms with Crippen molar-refractivity contribution in [3.05, 3.63) is 70.5 Å². The lowest BCUT2D eigenvalue weighted by molar-refractivity contribution is -0.126. The lowest BCUT2D eigenvalue weighted by Gasteiger charge is -2.24. The average Bonchev–Trinajstić information content (AvgIpc) is 3.11. The maximum atomic E-state index is 13.8. The summed E-state index contributed by atoms with van der Waals surface area (Å²) in [5.41, 5.74) is 1.31. The van der Waals surface area contributed by atoms with E-state index < -0.39 is 5.82 Å². The number of carbonyl (C=O) groups is 1. The largest absolute Gasteiger partial charge is 0.497 e.